The lowest BCUT2D eigenvalue weighted by molar-refractivity contribution is -0.138. The molecule has 4 rings (SSSR count). The van der Waals surface area contributed by atoms with Crippen molar-refractivity contribution in [2.45, 2.75) is 13.0 Å². The number of allylic oxidation sites excluding steroid dienone is 1. The van der Waals surface area contributed by atoms with Crippen molar-refractivity contribution in [1.82, 2.24) is 4.57 Å². The molecule has 7 nitrogen and oxygen atoms in total. The third kappa shape index (κ3) is 4.29. The van der Waals surface area contributed by atoms with Gasteiger partial charge in [0.1, 0.15) is 12.6 Å². The largest absolute Gasteiger partial charge is 0.493 e. The summed E-state index contributed by atoms with van der Waals surface area (Å²) in [6.07, 6.45) is 3.29. The molecule has 0 N–H and O–H groups in total. The maximum atomic E-state index is 13.5. The number of carbonyl (C=O) groups is 1. The Balaban J connectivity index is 1.88. The highest BCUT2D eigenvalue weighted by molar-refractivity contribution is 7.10. The van der Waals surface area contributed by atoms with E-state index in [9.17, 15) is 9.59 Å². The molecular weight excluding hydrogens is 460 g/mol. The van der Waals surface area contributed by atoms with Gasteiger partial charge in [0.2, 0.25) is 0 Å². The van der Waals surface area contributed by atoms with Crippen LogP contribution in [0.3, 0.4) is 0 Å². The molecule has 1 aliphatic heterocycles. The molecule has 3 heterocycles. The first-order valence-corrected chi connectivity index (χ1v) is 11.7. The first kappa shape index (κ1) is 22.8. The van der Waals surface area contributed by atoms with E-state index in [4.69, 9.17) is 14.2 Å². The number of hydrogen-bond acceptors (Lipinski definition) is 8. The summed E-state index contributed by atoms with van der Waals surface area (Å²) in [7, 11) is 3.13. The summed E-state index contributed by atoms with van der Waals surface area (Å²) in [5.74, 6) is 0.661. The van der Waals surface area contributed by atoms with Gasteiger partial charge in [-0.2, -0.15) is 0 Å². The minimum atomic E-state index is -0.605. The van der Waals surface area contributed by atoms with Gasteiger partial charge < -0.3 is 14.2 Å². The highest BCUT2D eigenvalue weighted by atomic mass is 32.1. The van der Waals surface area contributed by atoms with E-state index in [0.29, 0.717) is 32.1 Å². The molecule has 2 aromatic heterocycles. The number of hydrogen-bond donors (Lipinski definition) is 0. The molecule has 1 atom stereocenters. The SMILES string of the molecule is C=CCOC(=O)C1=C(C)N=c2s/c(=C/c3ccc(OC)c(OC)c3)c(=O)n2C1c1cccs1. The molecule has 1 unspecified atom stereocenters. The van der Waals surface area contributed by atoms with Crippen LogP contribution >= 0.6 is 22.7 Å². The fourth-order valence-electron chi connectivity index (χ4n) is 3.61. The minimum absolute atomic E-state index is 0.0799. The van der Waals surface area contributed by atoms with Crippen LogP contribution in [-0.4, -0.2) is 31.4 Å². The van der Waals surface area contributed by atoms with E-state index in [0.717, 1.165) is 10.4 Å². The van der Waals surface area contributed by atoms with Gasteiger partial charge in [-0.3, -0.25) is 9.36 Å². The zero-order valence-electron chi connectivity index (χ0n) is 18.4. The fourth-order valence-corrected chi connectivity index (χ4v) is 5.48. The van der Waals surface area contributed by atoms with Crippen LogP contribution < -0.4 is 24.4 Å². The van der Waals surface area contributed by atoms with Gasteiger partial charge in [0.05, 0.1) is 30.0 Å². The van der Waals surface area contributed by atoms with E-state index >= 15 is 0 Å². The van der Waals surface area contributed by atoms with Crippen LogP contribution in [-0.2, 0) is 9.53 Å². The Labute approximate surface area is 198 Å². The zero-order chi connectivity index (χ0) is 23.5. The average molecular weight is 483 g/mol. The first-order valence-electron chi connectivity index (χ1n) is 10.0. The Morgan fingerprint density at radius 2 is 2.03 bits per heavy atom. The number of benzene rings is 1. The van der Waals surface area contributed by atoms with Gasteiger partial charge in [0, 0.05) is 4.88 Å². The molecule has 170 valence electrons. The second-order valence-electron chi connectivity index (χ2n) is 7.10. The Hall–Kier alpha value is -3.43. The number of methoxy groups -OCH3 is 2. The number of nitrogens with zero attached hydrogens (tertiary/aromatic N) is 2. The number of thiophene rings is 1. The monoisotopic (exact) mass is 482 g/mol. The van der Waals surface area contributed by atoms with Crippen molar-refractivity contribution in [2.75, 3.05) is 20.8 Å². The highest BCUT2D eigenvalue weighted by Crippen LogP contribution is 2.33. The second-order valence-corrected chi connectivity index (χ2v) is 9.09. The molecule has 9 heteroatoms. The molecule has 0 saturated carbocycles. The van der Waals surface area contributed by atoms with Crippen molar-refractivity contribution in [2.24, 2.45) is 4.99 Å². The maximum absolute atomic E-state index is 13.5. The molecule has 0 radical (unpaired) electrons. The molecular formula is C24H22N2O5S2. The van der Waals surface area contributed by atoms with Crippen LogP contribution in [0.25, 0.3) is 6.08 Å². The van der Waals surface area contributed by atoms with Crippen molar-refractivity contribution in [3.8, 4) is 11.5 Å². The molecule has 0 spiro atoms. The first-order chi connectivity index (χ1) is 16.0. The molecule has 1 aliphatic rings. The maximum Gasteiger partial charge on any atom is 0.338 e. The summed E-state index contributed by atoms with van der Waals surface area (Å²) in [5, 5.41) is 1.91. The van der Waals surface area contributed by atoms with E-state index < -0.39 is 12.0 Å². The minimum Gasteiger partial charge on any atom is -0.493 e. The smallest absolute Gasteiger partial charge is 0.338 e. The third-order valence-electron chi connectivity index (χ3n) is 5.09. The van der Waals surface area contributed by atoms with Crippen LogP contribution in [0.1, 0.15) is 23.4 Å². The zero-order valence-corrected chi connectivity index (χ0v) is 20.0. The average Bonchev–Trinajstić information content (AvgIpc) is 3.45. The topological polar surface area (TPSA) is 79.1 Å². The molecule has 0 amide bonds. The van der Waals surface area contributed by atoms with Crippen molar-refractivity contribution in [1.29, 1.82) is 0 Å². The van der Waals surface area contributed by atoms with Crippen LogP contribution in [0.15, 0.2) is 69.4 Å². The summed E-state index contributed by atoms with van der Waals surface area (Å²) in [6, 6.07) is 8.62. The van der Waals surface area contributed by atoms with Crippen molar-refractivity contribution < 1.29 is 19.0 Å². The molecule has 0 saturated heterocycles. The summed E-state index contributed by atoms with van der Waals surface area (Å²) in [4.78, 5) is 32.4. The van der Waals surface area contributed by atoms with Crippen LogP contribution in [0, 0.1) is 0 Å². The van der Waals surface area contributed by atoms with Gasteiger partial charge in [0.25, 0.3) is 5.56 Å². The summed E-state index contributed by atoms with van der Waals surface area (Å²) >= 11 is 2.75. The standard InChI is InChI=1S/C24H22N2O5S2/c1-5-10-31-23(28)20-14(2)25-24-26(21(20)18-7-6-11-32-18)22(27)19(33-24)13-15-8-9-16(29-3)17(12-15)30-4/h5-9,11-13,21H,1,10H2,2-4H3/b19-13+. The quantitative estimate of drug-likeness (QED) is 0.382. The Kier molecular flexibility index (Phi) is 6.62. The van der Waals surface area contributed by atoms with Crippen LogP contribution in [0.2, 0.25) is 0 Å². The van der Waals surface area contributed by atoms with Gasteiger partial charge in [-0.05, 0) is 42.1 Å². The number of esters is 1. The molecule has 0 bridgehead atoms. The van der Waals surface area contributed by atoms with Crippen LogP contribution in [0.5, 0.6) is 11.5 Å². The second kappa shape index (κ2) is 9.60. The van der Waals surface area contributed by atoms with Crippen LogP contribution in [0.4, 0.5) is 0 Å². The Morgan fingerprint density at radius 3 is 2.70 bits per heavy atom. The van der Waals surface area contributed by atoms with E-state index in [1.165, 1.54) is 28.7 Å². The Bertz CT molecular complexity index is 1410. The van der Waals surface area contributed by atoms with Gasteiger partial charge in [-0.1, -0.05) is 36.1 Å². The highest BCUT2D eigenvalue weighted by Gasteiger charge is 2.33. The number of thiazole rings is 1. The van der Waals surface area contributed by atoms with Crippen molar-refractivity contribution in [3.63, 3.8) is 0 Å². The number of carbonyl (C=O) groups excluding carboxylic acids is 1. The normalized spacial score (nSPS) is 15.6. The molecule has 0 fully saturated rings. The van der Waals surface area contributed by atoms with Crippen molar-refractivity contribution in [3.05, 3.63) is 89.8 Å². The van der Waals surface area contributed by atoms with Gasteiger partial charge >= 0.3 is 5.97 Å². The van der Waals surface area contributed by atoms with E-state index in [-0.39, 0.29) is 12.2 Å². The summed E-state index contributed by atoms with van der Waals surface area (Å²) in [6.45, 7) is 5.43. The summed E-state index contributed by atoms with van der Waals surface area (Å²) < 4.78 is 18.0. The van der Waals surface area contributed by atoms with E-state index in [1.807, 2.05) is 23.6 Å². The fraction of sp³-hybridized carbons (Fsp3) is 0.208. The lowest BCUT2D eigenvalue weighted by atomic mass is 10.0. The summed E-state index contributed by atoms with van der Waals surface area (Å²) in [5.41, 5.74) is 1.44. The lowest BCUT2D eigenvalue weighted by Crippen LogP contribution is -2.39. The van der Waals surface area contributed by atoms with Gasteiger partial charge in [-0.15, -0.1) is 11.3 Å². The van der Waals surface area contributed by atoms with E-state index in [2.05, 4.69) is 11.6 Å². The molecule has 3 aromatic rings. The lowest BCUT2D eigenvalue weighted by Gasteiger charge is -2.23. The van der Waals surface area contributed by atoms with Gasteiger partial charge in [0.15, 0.2) is 16.3 Å². The molecule has 0 aliphatic carbocycles. The number of fused-ring (bicyclic) bond motifs is 1. The number of ether oxygens (including phenoxy) is 3. The van der Waals surface area contributed by atoms with Crippen molar-refractivity contribution >= 4 is 34.7 Å². The third-order valence-corrected chi connectivity index (χ3v) is 7.00. The van der Waals surface area contributed by atoms with Gasteiger partial charge in [-0.25, -0.2) is 9.79 Å². The predicted molar refractivity (Wildman–Crippen MR) is 129 cm³/mol. The predicted octanol–water partition coefficient (Wildman–Crippen LogP) is 3.04. The number of aromatic nitrogens is 1. The molecule has 1 aromatic carbocycles. The molecule has 33 heavy (non-hydrogen) atoms. The Morgan fingerprint density at radius 1 is 1.24 bits per heavy atom. The number of rotatable bonds is 7. The van der Waals surface area contributed by atoms with E-state index in [1.54, 1.807) is 43.9 Å².